The fourth-order valence-corrected chi connectivity index (χ4v) is 3.60. The van der Waals surface area contributed by atoms with Crippen LogP contribution in [0.5, 0.6) is 0 Å². The minimum Gasteiger partial charge on any atom is -0.302 e. The van der Waals surface area contributed by atoms with Gasteiger partial charge in [0.2, 0.25) is 6.08 Å². The third kappa shape index (κ3) is 3.93. The maximum absolute atomic E-state index is 9.88. The van der Waals surface area contributed by atoms with Gasteiger partial charge in [0, 0.05) is 13.1 Å². The Labute approximate surface area is 111 Å². The Bertz CT molecular complexity index is 283. The van der Waals surface area contributed by atoms with Crippen molar-refractivity contribution in [3.63, 3.8) is 0 Å². The van der Waals surface area contributed by atoms with Crippen LogP contribution in [0, 0.1) is 5.41 Å². The first-order valence-corrected chi connectivity index (χ1v) is 7.61. The summed E-state index contributed by atoms with van der Waals surface area (Å²) < 4.78 is 0. The monoisotopic (exact) mass is 250 g/mol. The molecule has 0 N–H and O–H groups in total. The normalized spacial score (nSPS) is 22.4. The Morgan fingerprint density at radius 3 is 2.44 bits per heavy atom. The van der Waals surface area contributed by atoms with Gasteiger partial charge in [-0.2, -0.15) is 0 Å². The lowest BCUT2D eigenvalue weighted by Gasteiger charge is -2.52. The average Bonchev–Trinajstić information content (AvgIpc) is 2.37. The molecule has 0 radical (unpaired) electrons. The van der Waals surface area contributed by atoms with Crippen molar-refractivity contribution in [3.05, 3.63) is 0 Å². The molecule has 2 rings (SSSR count). The van der Waals surface area contributed by atoms with Crippen LogP contribution in [0.1, 0.15) is 57.8 Å². The van der Waals surface area contributed by atoms with Gasteiger partial charge in [-0.3, -0.25) is 0 Å². The van der Waals surface area contributed by atoms with E-state index in [4.69, 9.17) is 0 Å². The number of rotatable bonds is 7. The third-order valence-corrected chi connectivity index (χ3v) is 4.59. The van der Waals surface area contributed by atoms with Crippen LogP contribution < -0.4 is 0 Å². The van der Waals surface area contributed by atoms with E-state index in [0.717, 1.165) is 11.8 Å². The van der Waals surface area contributed by atoms with E-state index in [1.54, 1.807) is 6.08 Å². The lowest BCUT2D eigenvalue weighted by atomic mass is 9.68. The zero-order valence-corrected chi connectivity index (χ0v) is 11.5. The van der Waals surface area contributed by atoms with Crippen molar-refractivity contribution in [2.75, 3.05) is 26.2 Å². The number of aliphatic imine (C=N–C) groups is 1. The van der Waals surface area contributed by atoms with Crippen LogP contribution in [0.25, 0.3) is 0 Å². The fourth-order valence-electron chi connectivity index (χ4n) is 3.60. The Morgan fingerprint density at radius 1 is 1.00 bits per heavy atom. The average molecular weight is 250 g/mol. The maximum Gasteiger partial charge on any atom is 0.234 e. The molecule has 3 nitrogen and oxygen atoms in total. The molecule has 1 aliphatic carbocycles. The van der Waals surface area contributed by atoms with Crippen LogP contribution in [0.3, 0.4) is 0 Å². The molecule has 102 valence electrons. The number of hydrogen-bond acceptors (Lipinski definition) is 3. The minimum absolute atomic E-state index is 0.663. The summed E-state index contributed by atoms with van der Waals surface area (Å²) in [5.74, 6) is 0. The molecule has 1 spiro atoms. The molecule has 0 bridgehead atoms. The molecular weight excluding hydrogens is 224 g/mol. The van der Waals surface area contributed by atoms with Gasteiger partial charge in [0.05, 0.1) is 6.54 Å². The molecule has 3 heteroatoms. The summed E-state index contributed by atoms with van der Waals surface area (Å²) in [4.78, 5) is 16.1. The van der Waals surface area contributed by atoms with Crippen LogP contribution >= 0.6 is 0 Å². The highest BCUT2D eigenvalue weighted by Gasteiger charge is 2.42. The van der Waals surface area contributed by atoms with Gasteiger partial charge in [-0.15, -0.1) is 0 Å². The van der Waals surface area contributed by atoms with Crippen LogP contribution in [-0.2, 0) is 4.79 Å². The van der Waals surface area contributed by atoms with E-state index in [1.807, 2.05) is 0 Å². The topological polar surface area (TPSA) is 32.7 Å². The molecule has 0 aromatic carbocycles. The highest BCUT2D eigenvalue weighted by Crippen LogP contribution is 2.43. The maximum atomic E-state index is 9.88. The first kappa shape index (κ1) is 13.8. The molecule has 1 saturated carbocycles. The first-order valence-electron chi connectivity index (χ1n) is 7.61. The summed E-state index contributed by atoms with van der Waals surface area (Å²) in [6.07, 6.45) is 13.8. The summed E-state index contributed by atoms with van der Waals surface area (Å²) in [6, 6.07) is 0. The van der Waals surface area contributed by atoms with Gasteiger partial charge in [-0.25, -0.2) is 9.79 Å². The van der Waals surface area contributed by atoms with Gasteiger partial charge >= 0.3 is 0 Å². The predicted molar refractivity (Wildman–Crippen MR) is 73.4 cm³/mol. The molecule has 2 fully saturated rings. The number of nitrogens with zero attached hydrogens (tertiary/aromatic N) is 2. The lowest BCUT2D eigenvalue weighted by Crippen LogP contribution is -2.57. The molecule has 0 amide bonds. The molecule has 1 heterocycles. The van der Waals surface area contributed by atoms with E-state index in [1.165, 1.54) is 71.0 Å². The van der Waals surface area contributed by atoms with Crippen molar-refractivity contribution in [2.45, 2.75) is 57.8 Å². The lowest BCUT2D eigenvalue weighted by molar-refractivity contribution is -0.0284. The number of unbranched alkanes of at least 4 members (excludes halogenated alkanes) is 3. The highest BCUT2D eigenvalue weighted by atomic mass is 16.1. The molecule has 0 unspecified atom stereocenters. The van der Waals surface area contributed by atoms with E-state index in [2.05, 4.69) is 9.89 Å². The summed E-state index contributed by atoms with van der Waals surface area (Å²) in [6.45, 7) is 4.67. The van der Waals surface area contributed by atoms with E-state index in [-0.39, 0.29) is 0 Å². The number of likely N-dealkylation sites (tertiary alicyclic amines) is 1. The van der Waals surface area contributed by atoms with Gasteiger partial charge in [0.1, 0.15) is 0 Å². The zero-order chi connectivity index (χ0) is 12.7. The van der Waals surface area contributed by atoms with Crippen LogP contribution in [-0.4, -0.2) is 37.2 Å². The van der Waals surface area contributed by atoms with Crippen molar-refractivity contribution < 1.29 is 4.79 Å². The summed E-state index contributed by atoms with van der Waals surface area (Å²) in [5, 5.41) is 0. The second kappa shape index (κ2) is 7.06. The van der Waals surface area contributed by atoms with E-state index in [0.29, 0.717) is 6.54 Å². The van der Waals surface area contributed by atoms with Gasteiger partial charge < -0.3 is 4.90 Å². The first-order chi connectivity index (χ1) is 8.85. The SMILES string of the molecule is O=C=NCCCCCCN1CC2(CCCCC2)C1. The summed E-state index contributed by atoms with van der Waals surface area (Å²) >= 11 is 0. The third-order valence-electron chi connectivity index (χ3n) is 4.59. The van der Waals surface area contributed by atoms with Gasteiger partial charge in [-0.05, 0) is 37.6 Å². The Hall–Kier alpha value is -0.660. The van der Waals surface area contributed by atoms with E-state index in [9.17, 15) is 4.79 Å². The standard InChI is InChI=1S/C15H26N2O/c18-14-16-10-6-1-2-7-11-17-12-15(13-17)8-4-3-5-9-15/h1-13H2. The second-order valence-electron chi connectivity index (χ2n) is 6.16. The highest BCUT2D eigenvalue weighted by molar-refractivity contribution is 5.32. The van der Waals surface area contributed by atoms with Gasteiger partial charge in [0.25, 0.3) is 0 Å². The smallest absolute Gasteiger partial charge is 0.234 e. The van der Waals surface area contributed by atoms with E-state index < -0.39 is 0 Å². The van der Waals surface area contributed by atoms with Crippen molar-refractivity contribution in [1.82, 2.24) is 4.90 Å². The van der Waals surface area contributed by atoms with Crippen LogP contribution in [0.4, 0.5) is 0 Å². The molecule has 2 aliphatic rings. The molecule has 0 aromatic rings. The van der Waals surface area contributed by atoms with Gasteiger partial charge in [0.15, 0.2) is 0 Å². The largest absolute Gasteiger partial charge is 0.302 e. The van der Waals surface area contributed by atoms with Crippen molar-refractivity contribution in [1.29, 1.82) is 0 Å². The van der Waals surface area contributed by atoms with Crippen molar-refractivity contribution >= 4 is 6.08 Å². The Kier molecular flexibility index (Phi) is 5.40. The minimum atomic E-state index is 0.663. The summed E-state index contributed by atoms with van der Waals surface area (Å²) in [7, 11) is 0. The fraction of sp³-hybridized carbons (Fsp3) is 0.933. The number of isocyanates is 1. The zero-order valence-electron chi connectivity index (χ0n) is 11.5. The second-order valence-corrected chi connectivity index (χ2v) is 6.16. The van der Waals surface area contributed by atoms with Crippen LogP contribution in [0.15, 0.2) is 4.99 Å². The van der Waals surface area contributed by atoms with Crippen molar-refractivity contribution in [2.24, 2.45) is 10.4 Å². The number of hydrogen-bond donors (Lipinski definition) is 0. The molecular formula is C15H26N2O. The van der Waals surface area contributed by atoms with Crippen molar-refractivity contribution in [3.8, 4) is 0 Å². The molecule has 18 heavy (non-hydrogen) atoms. The molecule has 0 aromatic heterocycles. The summed E-state index contributed by atoms with van der Waals surface area (Å²) in [5.41, 5.74) is 0.733. The molecule has 0 atom stereocenters. The Balaban J connectivity index is 1.46. The quantitative estimate of drug-likeness (QED) is 0.395. The Morgan fingerprint density at radius 2 is 1.72 bits per heavy atom. The number of carbonyl (C=O) groups excluding carboxylic acids is 1. The molecule has 1 aliphatic heterocycles. The van der Waals surface area contributed by atoms with Crippen LogP contribution in [0.2, 0.25) is 0 Å². The molecule has 1 saturated heterocycles. The predicted octanol–water partition coefficient (Wildman–Crippen LogP) is 3.15. The van der Waals surface area contributed by atoms with E-state index >= 15 is 0 Å². The van der Waals surface area contributed by atoms with Gasteiger partial charge in [-0.1, -0.05) is 32.1 Å².